The van der Waals surface area contributed by atoms with Gasteiger partial charge in [0.25, 0.3) is 0 Å². The zero-order valence-electron chi connectivity index (χ0n) is 10.8. The van der Waals surface area contributed by atoms with E-state index >= 15 is 0 Å². The quantitative estimate of drug-likeness (QED) is 0.805. The molecule has 0 unspecified atom stereocenters. The summed E-state index contributed by atoms with van der Waals surface area (Å²) in [4.78, 5) is 12.4. The first kappa shape index (κ1) is 12.7. The zero-order chi connectivity index (χ0) is 14.4. The lowest BCUT2D eigenvalue weighted by Gasteiger charge is -1.98. The molecule has 1 amide bonds. The van der Waals surface area contributed by atoms with E-state index in [2.05, 4.69) is 20.6 Å². The molecule has 2 heterocycles. The fraction of sp³-hybridized carbons (Fsp3) is 0.231. The number of aromatic nitrogens is 4. The molecule has 0 bridgehead atoms. The van der Waals surface area contributed by atoms with E-state index in [1.165, 1.54) is 11.3 Å². The summed E-state index contributed by atoms with van der Waals surface area (Å²) in [6, 6.07) is 7.31. The van der Waals surface area contributed by atoms with Crippen molar-refractivity contribution in [2.45, 2.75) is 12.8 Å². The molecule has 0 saturated heterocycles. The Morgan fingerprint density at radius 2 is 2.05 bits per heavy atom. The van der Waals surface area contributed by atoms with Crippen LogP contribution in [0.4, 0.5) is 5.13 Å². The van der Waals surface area contributed by atoms with Gasteiger partial charge in [-0.15, -0.1) is 15.3 Å². The van der Waals surface area contributed by atoms with Crippen LogP contribution >= 0.6 is 22.9 Å². The van der Waals surface area contributed by atoms with Crippen molar-refractivity contribution >= 4 is 38.9 Å². The summed E-state index contributed by atoms with van der Waals surface area (Å²) in [6.07, 6.45) is 1.93. The highest BCUT2D eigenvalue weighted by Gasteiger charge is 2.30. The van der Waals surface area contributed by atoms with Gasteiger partial charge in [0.2, 0.25) is 16.0 Å². The molecule has 106 valence electrons. The Bertz CT molecular complexity index is 821. The Kier molecular flexibility index (Phi) is 2.90. The summed E-state index contributed by atoms with van der Waals surface area (Å²) in [5, 5.41) is 16.6. The molecule has 8 heteroatoms. The lowest BCUT2D eigenvalue weighted by Crippen LogP contribution is -2.13. The number of nitrogens with one attached hydrogen (secondary N) is 1. The maximum absolute atomic E-state index is 11.8. The third kappa shape index (κ3) is 2.38. The number of halogens is 1. The van der Waals surface area contributed by atoms with Gasteiger partial charge in [0.1, 0.15) is 0 Å². The lowest BCUT2D eigenvalue weighted by atomic mass is 10.2. The largest absolute Gasteiger partial charge is 0.300 e. The van der Waals surface area contributed by atoms with Gasteiger partial charge >= 0.3 is 0 Å². The number of amides is 1. The topological polar surface area (TPSA) is 72.2 Å². The van der Waals surface area contributed by atoms with Gasteiger partial charge in [-0.1, -0.05) is 22.9 Å². The van der Waals surface area contributed by atoms with E-state index in [-0.39, 0.29) is 11.8 Å². The highest BCUT2D eigenvalue weighted by molar-refractivity contribution is 7.20. The van der Waals surface area contributed by atoms with Crippen LogP contribution in [0.3, 0.4) is 0 Å². The lowest BCUT2D eigenvalue weighted by molar-refractivity contribution is -0.117. The Labute approximate surface area is 128 Å². The molecule has 1 N–H and O–H groups in total. The normalized spacial score (nSPS) is 14.5. The van der Waals surface area contributed by atoms with Crippen molar-refractivity contribution in [3.8, 4) is 11.4 Å². The Morgan fingerprint density at radius 3 is 2.76 bits per heavy atom. The van der Waals surface area contributed by atoms with Crippen LogP contribution in [0.2, 0.25) is 5.02 Å². The van der Waals surface area contributed by atoms with Gasteiger partial charge in [-0.25, -0.2) is 0 Å². The van der Waals surface area contributed by atoms with Gasteiger partial charge in [0.05, 0.1) is 0 Å². The standard InChI is InChI=1S/C13H10ClN5OS/c14-9-5-3-7(4-6-9)10-16-17-13-19(10)18-12(21-13)15-11(20)8-1-2-8/h3-6,8H,1-2H2,(H,15,18,20). The fourth-order valence-electron chi connectivity index (χ4n) is 2.00. The average Bonchev–Trinajstić information content (AvgIpc) is 3.15. The van der Waals surface area contributed by atoms with Crippen LogP contribution in [0, 0.1) is 5.92 Å². The van der Waals surface area contributed by atoms with E-state index in [9.17, 15) is 4.79 Å². The zero-order valence-corrected chi connectivity index (χ0v) is 12.4. The molecule has 4 rings (SSSR count). The monoisotopic (exact) mass is 319 g/mol. The maximum Gasteiger partial charge on any atom is 0.236 e. The van der Waals surface area contributed by atoms with Crippen molar-refractivity contribution in [1.29, 1.82) is 0 Å². The minimum Gasteiger partial charge on any atom is -0.300 e. The van der Waals surface area contributed by atoms with E-state index in [1.54, 1.807) is 16.6 Å². The van der Waals surface area contributed by atoms with Crippen molar-refractivity contribution in [3.05, 3.63) is 29.3 Å². The van der Waals surface area contributed by atoms with Crippen LogP contribution in [0.5, 0.6) is 0 Å². The minimum atomic E-state index is 0.0352. The number of nitrogens with zero attached hydrogens (tertiary/aromatic N) is 4. The summed E-state index contributed by atoms with van der Waals surface area (Å²) >= 11 is 7.19. The molecule has 6 nitrogen and oxygen atoms in total. The van der Waals surface area contributed by atoms with Crippen LogP contribution in [0.15, 0.2) is 24.3 Å². The van der Waals surface area contributed by atoms with Crippen molar-refractivity contribution in [1.82, 2.24) is 19.8 Å². The molecule has 2 aromatic heterocycles. The Morgan fingerprint density at radius 1 is 1.29 bits per heavy atom. The molecular weight excluding hydrogens is 310 g/mol. The molecule has 0 radical (unpaired) electrons. The first-order valence-electron chi connectivity index (χ1n) is 6.50. The predicted octanol–water partition coefficient (Wildman–Crippen LogP) is 2.85. The number of rotatable bonds is 3. The maximum atomic E-state index is 11.8. The Hall–Kier alpha value is -1.99. The SMILES string of the molecule is O=C(Nc1nn2c(-c3ccc(Cl)cc3)nnc2s1)C1CC1. The fourth-order valence-corrected chi connectivity index (χ4v) is 2.87. The number of hydrogen-bond donors (Lipinski definition) is 1. The third-order valence-electron chi connectivity index (χ3n) is 3.27. The molecule has 0 aliphatic heterocycles. The van der Waals surface area contributed by atoms with E-state index in [4.69, 9.17) is 11.6 Å². The van der Waals surface area contributed by atoms with Crippen LogP contribution in [-0.2, 0) is 4.79 Å². The molecule has 0 spiro atoms. The molecule has 1 fully saturated rings. The summed E-state index contributed by atoms with van der Waals surface area (Å²) in [7, 11) is 0. The summed E-state index contributed by atoms with van der Waals surface area (Å²) in [5.41, 5.74) is 0.872. The summed E-state index contributed by atoms with van der Waals surface area (Å²) in [6.45, 7) is 0. The summed E-state index contributed by atoms with van der Waals surface area (Å²) in [5.74, 6) is 0.813. The van der Waals surface area contributed by atoms with Crippen molar-refractivity contribution < 1.29 is 4.79 Å². The number of benzene rings is 1. The summed E-state index contributed by atoms with van der Waals surface area (Å²) < 4.78 is 1.64. The highest BCUT2D eigenvalue weighted by Crippen LogP contribution is 2.31. The number of hydrogen-bond acceptors (Lipinski definition) is 5. The molecule has 0 atom stereocenters. The first-order valence-corrected chi connectivity index (χ1v) is 7.69. The molecule has 21 heavy (non-hydrogen) atoms. The Balaban J connectivity index is 1.68. The van der Waals surface area contributed by atoms with E-state index in [0.717, 1.165) is 18.4 Å². The molecule has 3 aromatic rings. The van der Waals surface area contributed by atoms with Gasteiger partial charge < -0.3 is 5.32 Å². The number of carbonyl (C=O) groups is 1. The second-order valence-corrected chi connectivity index (χ2v) is 6.29. The van der Waals surface area contributed by atoms with Crippen LogP contribution in [0.1, 0.15) is 12.8 Å². The van der Waals surface area contributed by atoms with Gasteiger partial charge in [-0.05, 0) is 37.1 Å². The van der Waals surface area contributed by atoms with Crippen molar-refractivity contribution in [2.75, 3.05) is 5.32 Å². The minimum absolute atomic E-state index is 0.0352. The highest BCUT2D eigenvalue weighted by atomic mass is 35.5. The van der Waals surface area contributed by atoms with E-state index in [1.807, 2.05) is 12.1 Å². The van der Waals surface area contributed by atoms with Gasteiger partial charge in [-0.2, -0.15) is 4.52 Å². The second kappa shape index (κ2) is 4.78. The number of fused-ring (bicyclic) bond motifs is 1. The first-order chi connectivity index (χ1) is 10.2. The average molecular weight is 320 g/mol. The van der Waals surface area contributed by atoms with Crippen LogP contribution < -0.4 is 5.32 Å². The predicted molar refractivity (Wildman–Crippen MR) is 80.5 cm³/mol. The number of anilines is 1. The van der Waals surface area contributed by atoms with Gasteiger partial charge in [0.15, 0.2) is 5.82 Å². The smallest absolute Gasteiger partial charge is 0.236 e. The van der Waals surface area contributed by atoms with E-state index < -0.39 is 0 Å². The van der Waals surface area contributed by atoms with E-state index in [0.29, 0.717) is 20.9 Å². The third-order valence-corrected chi connectivity index (χ3v) is 4.34. The van der Waals surface area contributed by atoms with Crippen LogP contribution in [-0.4, -0.2) is 25.7 Å². The molecule has 1 aliphatic rings. The van der Waals surface area contributed by atoms with Crippen molar-refractivity contribution in [2.24, 2.45) is 5.92 Å². The molecule has 1 aromatic carbocycles. The van der Waals surface area contributed by atoms with Gasteiger partial charge in [0, 0.05) is 16.5 Å². The van der Waals surface area contributed by atoms with Gasteiger partial charge in [-0.3, -0.25) is 4.79 Å². The molecule has 1 saturated carbocycles. The number of carbonyl (C=O) groups excluding carboxylic acids is 1. The van der Waals surface area contributed by atoms with Crippen molar-refractivity contribution in [3.63, 3.8) is 0 Å². The molecule has 1 aliphatic carbocycles. The molecular formula is C13H10ClN5OS. The van der Waals surface area contributed by atoms with Crippen LogP contribution in [0.25, 0.3) is 16.3 Å². The second-order valence-electron chi connectivity index (χ2n) is 4.90.